The van der Waals surface area contributed by atoms with E-state index in [9.17, 15) is 0 Å². The Morgan fingerprint density at radius 3 is 2.67 bits per heavy atom. The smallest absolute Gasteiger partial charge is 0.0732 e. The van der Waals surface area contributed by atoms with Gasteiger partial charge in [0.05, 0.1) is 19.8 Å². The van der Waals surface area contributed by atoms with Crippen molar-refractivity contribution >= 4 is 27.5 Å². The van der Waals surface area contributed by atoms with Crippen LogP contribution in [0, 0.1) is 0 Å². The summed E-state index contributed by atoms with van der Waals surface area (Å²) >= 11 is 9.38. The molecule has 0 aliphatic rings. The summed E-state index contributed by atoms with van der Waals surface area (Å²) in [6, 6.07) is 5.77. The molecule has 0 N–H and O–H groups in total. The van der Waals surface area contributed by atoms with E-state index >= 15 is 0 Å². The fourth-order valence-electron chi connectivity index (χ4n) is 1.08. The maximum absolute atomic E-state index is 6.03. The molecule has 4 heteroatoms. The van der Waals surface area contributed by atoms with E-state index in [2.05, 4.69) is 15.9 Å². The highest BCUT2D eigenvalue weighted by molar-refractivity contribution is 9.10. The van der Waals surface area contributed by atoms with Gasteiger partial charge in [0.1, 0.15) is 0 Å². The van der Waals surface area contributed by atoms with Crippen molar-refractivity contribution in [1.82, 2.24) is 0 Å². The normalized spacial score (nSPS) is 10.6. The Labute approximate surface area is 104 Å². The Morgan fingerprint density at radius 1 is 1.27 bits per heavy atom. The lowest BCUT2D eigenvalue weighted by Crippen LogP contribution is -2.04. The molecule has 0 heterocycles. The summed E-state index contributed by atoms with van der Waals surface area (Å²) in [5, 5.41) is 0.723. The van der Waals surface area contributed by atoms with Crippen LogP contribution >= 0.6 is 27.5 Å². The highest BCUT2D eigenvalue weighted by Crippen LogP contribution is 2.21. The van der Waals surface area contributed by atoms with Crippen molar-refractivity contribution < 1.29 is 9.47 Å². The Morgan fingerprint density at radius 2 is 2.00 bits per heavy atom. The first-order chi connectivity index (χ1) is 7.24. The number of halogens is 2. The van der Waals surface area contributed by atoms with E-state index in [1.807, 2.05) is 25.1 Å². The van der Waals surface area contributed by atoms with Gasteiger partial charge in [0.25, 0.3) is 0 Å². The first-order valence-corrected chi connectivity index (χ1v) is 6.00. The SMILES string of the molecule is CCOCCOCc1ccc(Br)cc1Cl. The fraction of sp³-hybridized carbons (Fsp3) is 0.455. The number of rotatable bonds is 6. The van der Waals surface area contributed by atoms with Crippen LogP contribution in [0.5, 0.6) is 0 Å². The summed E-state index contributed by atoms with van der Waals surface area (Å²) < 4.78 is 11.6. The summed E-state index contributed by atoms with van der Waals surface area (Å²) in [4.78, 5) is 0. The van der Waals surface area contributed by atoms with Crippen LogP contribution in [0.3, 0.4) is 0 Å². The molecule has 0 aliphatic carbocycles. The van der Waals surface area contributed by atoms with Crippen LogP contribution in [-0.4, -0.2) is 19.8 Å². The zero-order valence-electron chi connectivity index (χ0n) is 8.63. The second kappa shape index (κ2) is 7.23. The van der Waals surface area contributed by atoms with E-state index < -0.39 is 0 Å². The minimum atomic E-state index is 0.527. The van der Waals surface area contributed by atoms with E-state index in [1.165, 1.54) is 0 Å². The van der Waals surface area contributed by atoms with Gasteiger partial charge in [-0.05, 0) is 24.6 Å². The molecule has 0 saturated heterocycles. The molecular weight excluding hydrogens is 279 g/mol. The molecule has 1 rings (SSSR count). The number of ether oxygens (including phenoxy) is 2. The fourth-order valence-corrected chi connectivity index (χ4v) is 1.81. The molecule has 0 amide bonds. The molecule has 0 radical (unpaired) electrons. The summed E-state index contributed by atoms with van der Waals surface area (Å²) in [5.41, 5.74) is 0.997. The molecule has 0 unspecified atom stereocenters. The molecule has 15 heavy (non-hydrogen) atoms. The molecule has 0 aliphatic heterocycles. The van der Waals surface area contributed by atoms with Gasteiger partial charge in [-0.15, -0.1) is 0 Å². The minimum Gasteiger partial charge on any atom is -0.379 e. The molecule has 2 nitrogen and oxygen atoms in total. The number of benzene rings is 1. The van der Waals surface area contributed by atoms with Crippen molar-refractivity contribution in [3.8, 4) is 0 Å². The van der Waals surface area contributed by atoms with E-state index in [1.54, 1.807) is 0 Å². The van der Waals surface area contributed by atoms with Crippen LogP contribution in [0.4, 0.5) is 0 Å². The van der Waals surface area contributed by atoms with Crippen LogP contribution in [0.25, 0.3) is 0 Å². The average Bonchev–Trinajstić information content (AvgIpc) is 2.20. The van der Waals surface area contributed by atoms with Crippen LogP contribution < -0.4 is 0 Å². The largest absolute Gasteiger partial charge is 0.379 e. The van der Waals surface area contributed by atoms with Gasteiger partial charge in [-0.25, -0.2) is 0 Å². The lowest BCUT2D eigenvalue weighted by Gasteiger charge is -2.06. The second-order valence-electron chi connectivity index (χ2n) is 2.99. The van der Waals surface area contributed by atoms with Crippen molar-refractivity contribution in [1.29, 1.82) is 0 Å². The third kappa shape index (κ3) is 4.98. The molecule has 1 aromatic rings. The molecule has 0 atom stereocenters. The van der Waals surface area contributed by atoms with Crippen LogP contribution in [-0.2, 0) is 16.1 Å². The molecule has 0 fully saturated rings. The van der Waals surface area contributed by atoms with Gasteiger partial charge in [-0.2, -0.15) is 0 Å². The zero-order chi connectivity index (χ0) is 11.1. The Hall–Kier alpha value is -0.0900. The summed E-state index contributed by atoms with van der Waals surface area (Å²) in [5.74, 6) is 0. The maximum atomic E-state index is 6.03. The van der Waals surface area contributed by atoms with Gasteiger partial charge in [-0.3, -0.25) is 0 Å². The molecule has 0 saturated carbocycles. The lowest BCUT2D eigenvalue weighted by atomic mass is 10.2. The monoisotopic (exact) mass is 292 g/mol. The second-order valence-corrected chi connectivity index (χ2v) is 4.31. The zero-order valence-corrected chi connectivity index (χ0v) is 11.0. The molecule has 84 valence electrons. The summed E-state index contributed by atoms with van der Waals surface area (Å²) in [7, 11) is 0. The quantitative estimate of drug-likeness (QED) is 0.745. The van der Waals surface area contributed by atoms with Crippen LogP contribution in [0.1, 0.15) is 12.5 Å². The van der Waals surface area contributed by atoms with Gasteiger partial charge in [-0.1, -0.05) is 33.6 Å². The van der Waals surface area contributed by atoms with Crippen LogP contribution in [0.15, 0.2) is 22.7 Å². The first-order valence-electron chi connectivity index (χ1n) is 4.83. The van der Waals surface area contributed by atoms with Crippen molar-refractivity contribution in [2.45, 2.75) is 13.5 Å². The number of hydrogen-bond acceptors (Lipinski definition) is 2. The third-order valence-corrected chi connectivity index (χ3v) is 2.69. The van der Waals surface area contributed by atoms with Crippen molar-refractivity contribution in [3.63, 3.8) is 0 Å². The Kier molecular flexibility index (Phi) is 6.25. The van der Waals surface area contributed by atoms with Crippen LogP contribution in [0.2, 0.25) is 5.02 Å². The molecule has 0 bridgehead atoms. The predicted molar refractivity (Wildman–Crippen MR) is 65.3 cm³/mol. The Balaban J connectivity index is 2.31. The maximum Gasteiger partial charge on any atom is 0.0732 e. The minimum absolute atomic E-state index is 0.527. The summed E-state index contributed by atoms with van der Waals surface area (Å²) in [6.45, 7) is 4.44. The van der Waals surface area contributed by atoms with E-state index in [-0.39, 0.29) is 0 Å². The predicted octanol–water partition coefficient (Wildman–Crippen LogP) is 3.66. The lowest BCUT2D eigenvalue weighted by molar-refractivity contribution is 0.0453. The third-order valence-electron chi connectivity index (χ3n) is 1.85. The Bertz CT molecular complexity index is 305. The molecule has 0 spiro atoms. The molecule has 0 aromatic heterocycles. The van der Waals surface area contributed by atoms with E-state index in [0.717, 1.165) is 21.7 Å². The van der Waals surface area contributed by atoms with Crippen molar-refractivity contribution in [2.75, 3.05) is 19.8 Å². The van der Waals surface area contributed by atoms with E-state index in [0.29, 0.717) is 19.8 Å². The summed E-state index contributed by atoms with van der Waals surface area (Å²) in [6.07, 6.45) is 0. The van der Waals surface area contributed by atoms with E-state index in [4.69, 9.17) is 21.1 Å². The standard InChI is InChI=1S/C11H14BrClO2/c1-2-14-5-6-15-8-9-3-4-10(12)7-11(9)13/h3-4,7H,2,5-6,8H2,1H3. The van der Waals surface area contributed by atoms with Crippen molar-refractivity contribution in [3.05, 3.63) is 33.3 Å². The average molecular weight is 294 g/mol. The molecule has 1 aromatic carbocycles. The van der Waals surface area contributed by atoms with Crippen molar-refractivity contribution in [2.24, 2.45) is 0 Å². The number of hydrogen-bond donors (Lipinski definition) is 0. The van der Waals surface area contributed by atoms with Gasteiger partial charge in [0, 0.05) is 16.1 Å². The van der Waals surface area contributed by atoms with Gasteiger partial charge >= 0.3 is 0 Å². The topological polar surface area (TPSA) is 18.5 Å². The highest BCUT2D eigenvalue weighted by atomic mass is 79.9. The highest BCUT2D eigenvalue weighted by Gasteiger charge is 2.00. The van der Waals surface area contributed by atoms with Gasteiger partial charge < -0.3 is 9.47 Å². The molecular formula is C11H14BrClO2. The van der Waals surface area contributed by atoms with Gasteiger partial charge in [0.15, 0.2) is 0 Å². The first kappa shape index (κ1) is 13.0. The van der Waals surface area contributed by atoms with Gasteiger partial charge in [0.2, 0.25) is 0 Å².